The van der Waals surface area contributed by atoms with Crippen LogP contribution in [0.5, 0.6) is 0 Å². The van der Waals surface area contributed by atoms with Crippen LogP contribution in [-0.4, -0.2) is 33.2 Å². The zero-order valence-corrected chi connectivity index (χ0v) is 12.1. The lowest BCUT2D eigenvalue weighted by Gasteiger charge is -2.13. The third kappa shape index (κ3) is 6.25. The van der Waals surface area contributed by atoms with E-state index in [0.29, 0.717) is 19.6 Å². The predicted molar refractivity (Wildman–Crippen MR) is 78.3 cm³/mol. The number of nitrogens with zero attached hydrogens (tertiary/aromatic N) is 1. The molecule has 19 heavy (non-hydrogen) atoms. The number of carbonyl (C=O) groups excluding carboxylic acids is 1. The van der Waals surface area contributed by atoms with Gasteiger partial charge in [-0.1, -0.05) is 19.1 Å². The zero-order chi connectivity index (χ0) is 14.1. The lowest BCUT2D eigenvalue weighted by atomic mass is 10.2. The van der Waals surface area contributed by atoms with Gasteiger partial charge in [-0.2, -0.15) is 0 Å². The van der Waals surface area contributed by atoms with Crippen LogP contribution in [0.1, 0.15) is 25.3 Å². The topological polar surface area (TPSA) is 41.6 Å². The number of nitrogens with one attached hydrogen (secondary N) is 1. The Labute approximate surface area is 115 Å². The number of ether oxygens (including phenoxy) is 1. The molecule has 0 saturated carbocycles. The van der Waals surface area contributed by atoms with Gasteiger partial charge in [0.05, 0.1) is 0 Å². The van der Waals surface area contributed by atoms with E-state index in [1.165, 1.54) is 11.3 Å². The lowest BCUT2D eigenvalue weighted by Crippen LogP contribution is -2.21. The first-order valence-corrected chi connectivity index (χ1v) is 6.76. The average molecular weight is 264 g/mol. The molecule has 0 saturated heterocycles. The van der Waals surface area contributed by atoms with Crippen molar-refractivity contribution in [3.05, 3.63) is 29.8 Å². The van der Waals surface area contributed by atoms with Crippen LogP contribution in [0.3, 0.4) is 0 Å². The first-order valence-electron chi connectivity index (χ1n) is 6.76. The summed E-state index contributed by atoms with van der Waals surface area (Å²) in [6.45, 7) is 3.88. The third-order valence-corrected chi connectivity index (χ3v) is 2.78. The standard InChI is InChI=1S/C15H24N2O2/c1-4-5-15(18)19-11-10-16-12-13-6-8-14(9-7-13)17(2)3/h6-9,16H,4-5,10-12H2,1-3H3. The fraction of sp³-hybridized carbons (Fsp3) is 0.533. The minimum atomic E-state index is -0.111. The van der Waals surface area contributed by atoms with Crippen molar-refractivity contribution in [3.8, 4) is 0 Å². The van der Waals surface area contributed by atoms with Crippen molar-refractivity contribution in [3.63, 3.8) is 0 Å². The molecule has 0 aromatic heterocycles. The number of hydrogen-bond donors (Lipinski definition) is 1. The summed E-state index contributed by atoms with van der Waals surface area (Å²) >= 11 is 0. The van der Waals surface area contributed by atoms with Gasteiger partial charge >= 0.3 is 5.97 Å². The molecule has 1 aromatic carbocycles. The first-order chi connectivity index (χ1) is 9.13. The molecule has 0 amide bonds. The van der Waals surface area contributed by atoms with Crippen molar-refractivity contribution < 1.29 is 9.53 Å². The molecular weight excluding hydrogens is 240 g/mol. The van der Waals surface area contributed by atoms with E-state index in [-0.39, 0.29) is 5.97 Å². The molecule has 1 N–H and O–H groups in total. The molecule has 4 nitrogen and oxygen atoms in total. The minimum absolute atomic E-state index is 0.111. The van der Waals surface area contributed by atoms with Gasteiger partial charge in [0.2, 0.25) is 0 Å². The molecule has 0 aliphatic rings. The van der Waals surface area contributed by atoms with Crippen LogP contribution in [0, 0.1) is 0 Å². The Kier molecular flexibility index (Phi) is 6.97. The molecule has 0 aliphatic carbocycles. The molecule has 0 unspecified atom stereocenters. The van der Waals surface area contributed by atoms with E-state index in [4.69, 9.17) is 4.74 Å². The summed E-state index contributed by atoms with van der Waals surface area (Å²) in [5, 5.41) is 3.26. The molecule has 0 heterocycles. The number of benzene rings is 1. The molecule has 4 heteroatoms. The van der Waals surface area contributed by atoms with Crippen LogP contribution >= 0.6 is 0 Å². The molecule has 1 rings (SSSR count). The van der Waals surface area contributed by atoms with Crippen LogP contribution < -0.4 is 10.2 Å². The van der Waals surface area contributed by atoms with Crippen molar-refractivity contribution in [2.24, 2.45) is 0 Å². The second-order valence-corrected chi connectivity index (χ2v) is 4.71. The fourth-order valence-electron chi connectivity index (χ4n) is 1.66. The molecule has 0 aliphatic heterocycles. The van der Waals surface area contributed by atoms with Gasteiger partial charge in [-0.3, -0.25) is 4.79 Å². The maximum atomic E-state index is 11.1. The van der Waals surface area contributed by atoms with Crippen molar-refractivity contribution in [1.29, 1.82) is 0 Å². The van der Waals surface area contributed by atoms with E-state index >= 15 is 0 Å². The smallest absolute Gasteiger partial charge is 0.305 e. The number of carbonyl (C=O) groups is 1. The summed E-state index contributed by atoms with van der Waals surface area (Å²) in [4.78, 5) is 13.2. The molecule has 106 valence electrons. The minimum Gasteiger partial charge on any atom is -0.464 e. The number of hydrogen-bond acceptors (Lipinski definition) is 4. The van der Waals surface area contributed by atoms with Crippen LogP contribution in [0.4, 0.5) is 5.69 Å². The van der Waals surface area contributed by atoms with Crippen molar-refractivity contribution >= 4 is 11.7 Å². The lowest BCUT2D eigenvalue weighted by molar-refractivity contribution is -0.143. The summed E-state index contributed by atoms with van der Waals surface area (Å²) < 4.78 is 5.06. The van der Waals surface area contributed by atoms with Gasteiger partial charge in [-0.25, -0.2) is 0 Å². The van der Waals surface area contributed by atoms with E-state index in [2.05, 4.69) is 34.5 Å². The number of esters is 1. The number of rotatable bonds is 8. The Balaban J connectivity index is 2.17. The van der Waals surface area contributed by atoms with Gasteiger partial charge in [0.25, 0.3) is 0 Å². The summed E-state index contributed by atoms with van der Waals surface area (Å²) in [6.07, 6.45) is 1.34. The third-order valence-electron chi connectivity index (χ3n) is 2.78. The number of anilines is 1. The Hall–Kier alpha value is -1.55. The highest BCUT2D eigenvalue weighted by atomic mass is 16.5. The highest BCUT2D eigenvalue weighted by molar-refractivity contribution is 5.69. The molecule has 0 spiro atoms. The Morgan fingerprint density at radius 3 is 2.53 bits per heavy atom. The van der Waals surface area contributed by atoms with Crippen LogP contribution in [-0.2, 0) is 16.1 Å². The summed E-state index contributed by atoms with van der Waals surface area (Å²) in [5.74, 6) is -0.111. The van der Waals surface area contributed by atoms with Crippen LogP contribution in [0.15, 0.2) is 24.3 Å². The highest BCUT2D eigenvalue weighted by Crippen LogP contribution is 2.11. The summed E-state index contributed by atoms with van der Waals surface area (Å²) in [6, 6.07) is 8.40. The Morgan fingerprint density at radius 1 is 1.26 bits per heavy atom. The molecule has 1 aromatic rings. The van der Waals surface area contributed by atoms with E-state index in [1.807, 2.05) is 21.0 Å². The van der Waals surface area contributed by atoms with E-state index in [0.717, 1.165) is 13.0 Å². The zero-order valence-electron chi connectivity index (χ0n) is 12.1. The Morgan fingerprint density at radius 2 is 1.95 bits per heavy atom. The van der Waals surface area contributed by atoms with Crippen molar-refractivity contribution in [1.82, 2.24) is 5.32 Å². The molecule has 0 fully saturated rings. The maximum Gasteiger partial charge on any atom is 0.305 e. The van der Waals surface area contributed by atoms with Crippen LogP contribution in [0.2, 0.25) is 0 Å². The van der Waals surface area contributed by atoms with Gasteiger partial charge in [0.15, 0.2) is 0 Å². The fourth-order valence-corrected chi connectivity index (χ4v) is 1.66. The Bertz CT molecular complexity index is 374. The monoisotopic (exact) mass is 264 g/mol. The maximum absolute atomic E-state index is 11.1. The largest absolute Gasteiger partial charge is 0.464 e. The summed E-state index contributed by atoms with van der Waals surface area (Å²) in [5.41, 5.74) is 2.42. The van der Waals surface area contributed by atoms with Crippen molar-refractivity contribution in [2.45, 2.75) is 26.3 Å². The van der Waals surface area contributed by atoms with Crippen molar-refractivity contribution in [2.75, 3.05) is 32.1 Å². The van der Waals surface area contributed by atoms with Gasteiger partial charge in [-0.15, -0.1) is 0 Å². The summed E-state index contributed by atoms with van der Waals surface area (Å²) in [7, 11) is 4.05. The van der Waals surface area contributed by atoms with Gasteiger partial charge < -0.3 is 15.0 Å². The van der Waals surface area contributed by atoms with Gasteiger partial charge in [-0.05, 0) is 24.1 Å². The SMILES string of the molecule is CCCC(=O)OCCNCc1ccc(N(C)C)cc1. The van der Waals surface area contributed by atoms with Crippen LogP contribution in [0.25, 0.3) is 0 Å². The van der Waals surface area contributed by atoms with E-state index < -0.39 is 0 Å². The highest BCUT2D eigenvalue weighted by Gasteiger charge is 2.00. The average Bonchev–Trinajstić information content (AvgIpc) is 2.39. The van der Waals surface area contributed by atoms with E-state index in [1.54, 1.807) is 0 Å². The second kappa shape index (κ2) is 8.53. The molecule has 0 radical (unpaired) electrons. The normalized spacial score (nSPS) is 10.3. The second-order valence-electron chi connectivity index (χ2n) is 4.71. The molecule has 0 atom stereocenters. The quantitative estimate of drug-likeness (QED) is 0.577. The van der Waals surface area contributed by atoms with Gasteiger partial charge in [0.1, 0.15) is 6.61 Å². The van der Waals surface area contributed by atoms with E-state index in [9.17, 15) is 4.79 Å². The molecule has 0 bridgehead atoms. The van der Waals surface area contributed by atoms with Gasteiger partial charge in [0, 0.05) is 39.3 Å². The predicted octanol–water partition coefficient (Wildman–Crippen LogP) is 2.19. The molecular formula is C15H24N2O2. The first kappa shape index (κ1) is 15.5.